The Kier molecular flexibility index (Phi) is 3.67. The Bertz CT molecular complexity index is 802. The molecule has 1 aromatic carbocycles. The maximum atomic E-state index is 13.3. The number of hydrogen-bond donors (Lipinski definition) is 1. The molecule has 120 valence electrons. The maximum absolute atomic E-state index is 13.3. The molecule has 0 amide bonds. The molecule has 0 aliphatic carbocycles. The van der Waals surface area contributed by atoms with E-state index in [-0.39, 0.29) is 11.5 Å². The van der Waals surface area contributed by atoms with E-state index in [0.717, 1.165) is 10.7 Å². The summed E-state index contributed by atoms with van der Waals surface area (Å²) in [6, 6.07) is 4.73. The SMILES string of the molecule is Cc1cc(F)ccc1-n1nc(C(F)(F)F)cc1C1=NCC=CN1. The molecule has 1 aromatic heterocycles. The number of aliphatic imine (C=N–C) groups is 1. The quantitative estimate of drug-likeness (QED) is 0.862. The van der Waals surface area contributed by atoms with Gasteiger partial charge in [0, 0.05) is 12.3 Å². The van der Waals surface area contributed by atoms with Crippen molar-refractivity contribution in [2.45, 2.75) is 13.1 Å². The fourth-order valence-corrected chi connectivity index (χ4v) is 2.26. The number of alkyl halides is 3. The normalized spacial score (nSPS) is 14.6. The van der Waals surface area contributed by atoms with E-state index in [1.165, 1.54) is 18.2 Å². The van der Waals surface area contributed by atoms with E-state index in [9.17, 15) is 17.6 Å². The van der Waals surface area contributed by atoms with Crippen LogP contribution in [0.25, 0.3) is 5.69 Å². The largest absolute Gasteiger partial charge is 0.435 e. The van der Waals surface area contributed by atoms with Gasteiger partial charge in [-0.05, 0) is 36.8 Å². The Morgan fingerprint density at radius 2 is 2.00 bits per heavy atom. The van der Waals surface area contributed by atoms with Gasteiger partial charge in [0.25, 0.3) is 0 Å². The van der Waals surface area contributed by atoms with Gasteiger partial charge in [-0.2, -0.15) is 18.3 Å². The molecule has 0 unspecified atom stereocenters. The second-order valence-electron chi connectivity index (χ2n) is 4.99. The zero-order valence-electron chi connectivity index (χ0n) is 12.0. The number of aromatic nitrogens is 2. The molecule has 0 atom stereocenters. The van der Waals surface area contributed by atoms with Crippen LogP contribution in [0.3, 0.4) is 0 Å². The van der Waals surface area contributed by atoms with Crippen molar-refractivity contribution in [3.05, 3.63) is 59.3 Å². The average molecular weight is 324 g/mol. The van der Waals surface area contributed by atoms with Crippen LogP contribution in [0, 0.1) is 12.7 Å². The maximum Gasteiger partial charge on any atom is 0.435 e. The Balaban J connectivity index is 2.18. The molecule has 1 aliphatic rings. The average Bonchev–Trinajstić information content (AvgIpc) is 2.93. The van der Waals surface area contributed by atoms with E-state index in [1.807, 2.05) is 0 Å². The number of hydrogen-bond acceptors (Lipinski definition) is 3. The summed E-state index contributed by atoms with van der Waals surface area (Å²) >= 11 is 0. The van der Waals surface area contributed by atoms with Crippen molar-refractivity contribution in [1.29, 1.82) is 0 Å². The summed E-state index contributed by atoms with van der Waals surface area (Å²) in [6.45, 7) is 1.96. The lowest BCUT2D eigenvalue weighted by molar-refractivity contribution is -0.141. The fraction of sp³-hybridized carbons (Fsp3) is 0.200. The Morgan fingerprint density at radius 1 is 1.22 bits per heavy atom. The van der Waals surface area contributed by atoms with Gasteiger partial charge in [0.05, 0.1) is 12.2 Å². The van der Waals surface area contributed by atoms with Gasteiger partial charge >= 0.3 is 6.18 Å². The first-order chi connectivity index (χ1) is 10.9. The van der Waals surface area contributed by atoms with Gasteiger partial charge < -0.3 is 5.32 Å². The first-order valence-electron chi connectivity index (χ1n) is 6.76. The fourth-order valence-electron chi connectivity index (χ4n) is 2.26. The number of aryl methyl sites for hydroxylation is 1. The van der Waals surface area contributed by atoms with Crippen molar-refractivity contribution in [2.75, 3.05) is 6.54 Å². The molecule has 23 heavy (non-hydrogen) atoms. The smallest absolute Gasteiger partial charge is 0.345 e. The predicted molar refractivity (Wildman–Crippen MR) is 76.9 cm³/mol. The third-order valence-electron chi connectivity index (χ3n) is 3.32. The van der Waals surface area contributed by atoms with Crippen molar-refractivity contribution in [3.63, 3.8) is 0 Å². The highest BCUT2D eigenvalue weighted by molar-refractivity contribution is 5.99. The molecule has 4 nitrogen and oxygen atoms in total. The summed E-state index contributed by atoms with van der Waals surface area (Å²) in [5.74, 6) is -0.189. The minimum Gasteiger partial charge on any atom is -0.345 e. The summed E-state index contributed by atoms with van der Waals surface area (Å²) in [5.41, 5.74) is -0.0439. The van der Waals surface area contributed by atoms with Gasteiger partial charge in [-0.3, -0.25) is 4.99 Å². The van der Waals surface area contributed by atoms with E-state index >= 15 is 0 Å². The highest BCUT2D eigenvalue weighted by Crippen LogP contribution is 2.30. The standard InChI is InChI=1S/C15H12F4N4/c1-9-7-10(16)3-4-11(9)23-12(14-20-5-2-6-21-14)8-13(22-23)15(17,18)19/h2-5,7-8H,6H2,1H3,(H,20,21). The number of nitrogens with zero attached hydrogens (tertiary/aromatic N) is 3. The number of amidine groups is 1. The molecule has 0 radical (unpaired) electrons. The number of benzene rings is 1. The molecular weight excluding hydrogens is 312 g/mol. The molecule has 0 fully saturated rings. The number of nitrogens with one attached hydrogen (secondary N) is 1. The molecule has 1 aliphatic heterocycles. The number of halogens is 4. The van der Waals surface area contributed by atoms with Gasteiger partial charge in [0.1, 0.15) is 11.5 Å². The first-order valence-corrected chi connectivity index (χ1v) is 6.76. The second kappa shape index (κ2) is 5.53. The minimum atomic E-state index is -4.58. The molecule has 0 saturated heterocycles. The zero-order valence-corrected chi connectivity index (χ0v) is 12.0. The lowest BCUT2D eigenvalue weighted by Gasteiger charge is -2.13. The summed E-state index contributed by atoms with van der Waals surface area (Å²) in [4.78, 5) is 4.14. The molecule has 3 rings (SSSR count). The van der Waals surface area contributed by atoms with Crippen LogP contribution in [-0.2, 0) is 6.18 Å². The van der Waals surface area contributed by atoms with Crippen molar-refractivity contribution in [1.82, 2.24) is 15.1 Å². The predicted octanol–water partition coefficient (Wildman–Crippen LogP) is 3.20. The topological polar surface area (TPSA) is 42.2 Å². The van der Waals surface area contributed by atoms with Gasteiger partial charge in [-0.25, -0.2) is 9.07 Å². The van der Waals surface area contributed by atoms with E-state index < -0.39 is 17.7 Å². The summed E-state index contributed by atoms with van der Waals surface area (Å²) in [5, 5.41) is 6.45. The third-order valence-corrected chi connectivity index (χ3v) is 3.32. The molecule has 1 N–H and O–H groups in total. The monoisotopic (exact) mass is 324 g/mol. The Hall–Kier alpha value is -2.64. The van der Waals surface area contributed by atoms with Crippen LogP contribution in [0.1, 0.15) is 17.0 Å². The van der Waals surface area contributed by atoms with Crippen LogP contribution in [0.4, 0.5) is 17.6 Å². The summed E-state index contributed by atoms with van der Waals surface area (Å²) < 4.78 is 53.4. The van der Waals surface area contributed by atoms with Gasteiger partial charge in [-0.1, -0.05) is 0 Å². The third kappa shape index (κ3) is 2.96. The van der Waals surface area contributed by atoms with E-state index in [1.54, 1.807) is 19.2 Å². The van der Waals surface area contributed by atoms with Crippen LogP contribution in [0.15, 0.2) is 41.5 Å². The Morgan fingerprint density at radius 3 is 2.61 bits per heavy atom. The van der Waals surface area contributed by atoms with Gasteiger partial charge in [0.2, 0.25) is 0 Å². The molecule has 0 spiro atoms. The van der Waals surface area contributed by atoms with Crippen LogP contribution in [0.5, 0.6) is 0 Å². The van der Waals surface area contributed by atoms with Crippen LogP contribution in [-0.4, -0.2) is 22.2 Å². The van der Waals surface area contributed by atoms with Crippen LogP contribution < -0.4 is 5.32 Å². The second-order valence-corrected chi connectivity index (χ2v) is 4.99. The van der Waals surface area contributed by atoms with E-state index in [4.69, 9.17) is 0 Å². The van der Waals surface area contributed by atoms with E-state index in [2.05, 4.69) is 15.4 Å². The highest BCUT2D eigenvalue weighted by Gasteiger charge is 2.36. The van der Waals surface area contributed by atoms with Crippen LogP contribution in [0.2, 0.25) is 0 Å². The summed E-state index contributed by atoms with van der Waals surface area (Å²) in [7, 11) is 0. The van der Waals surface area contributed by atoms with Gasteiger partial charge in [0.15, 0.2) is 11.5 Å². The highest BCUT2D eigenvalue weighted by atomic mass is 19.4. The summed E-state index contributed by atoms with van der Waals surface area (Å²) in [6.07, 6.45) is -1.25. The van der Waals surface area contributed by atoms with Crippen molar-refractivity contribution >= 4 is 5.84 Å². The Labute approximate surface area is 129 Å². The van der Waals surface area contributed by atoms with Gasteiger partial charge in [-0.15, -0.1) is 0 Å². The lowest BCUT2D eigenvalue weighted by Crippen LogP contribution is -2.25. The molecule has 2 aromatic rings. The molecule has 0 bridgehead atoms. The molecule has 0 saturated carbocycles. The van der Waals surface area contributed by atoms with Crippen molar-refractivity contribution < 1.29 is 17.6 Å². The van der Waals surface area contributed by atoms with Crippen molar-refractivity contribution in [3.8, 4) is 5.69 Å². The number of rotatable bonds is 2. The lowest BCUT2D eigenvalue weighted by atomic mass is 10.2. The first kappa shape index (κ1) is 15.3. The van der Waals surface area contributed by atoms with Crippen LogP contribution >= 0.6 is 0 Å². The zero-order chi connectivity index (χ0) is 16.6. The minimum absolute atomic E-state index is 0.163. The van der Waals surface area contributed by atoms with Crippen molar-refractivity contribution in [2.24, 2.45) is 4.99 Å². The van der Waals surface area contributed by atoms with E-state index in [0.29, 0.717) is 17.8 Å². The molecule has 8 heteroatoms. The molecular formula is C15H12F4N4. The molecule has 2 heterocycles.